The van der Waals surface area contributed by atoms with Gasteiger partial charge < -0.3 is 28.9 Å². The summed E-state index contributed by atoms with van der Waals surface area (Å²) in [4.78, 5) is 30.6. The van der Waals surface area contributed by atoms with Gasteiger partial charge in [-0.2, -0.15) is 0 Å². The first-order chi connectivity index (χ1) is 18.6. The first-order valence-electron chi connectivity index (χ1n) is 13.8. The van der Waals surface area contributed by atoms with Gasteiger partial charge in [-0.15, -0.1) is 0 Å². The van der Waals surface area contributed by atoms with Crippen molar-refractivity contribution in [1.82, 2.24) is 9.80 Å². The molecule has 3 aliphatic rings. The number of fused-ring (bicyclic) bond motifs is 1. The molecule has 0 aliphatic carbocycles. The second-order valence-electron chi connectivity index (χ2n) is 11.8. The van der Waals surface area contributed by atoms with Gasteiger partial charge >= 0.3 is 12.2 Å². The number of amides is 2. The molecular formula is C30H38FN3O5. The fourth-order valence-electron chi connectivity index (χ4n) is 5.64. The van der Waals surface area contributed by atoms with Crippen LogP contribution in [0, 0.1) is 17.7 Å². The molecule has 9 heteroatoms. The van der Waals surface area contributed by atoms with Gasteiger partial charge in [0.1, 0.15) is 29.9 Å². The zero-order valence-corrected chi connectivity index (χ0v) is 23.0. The summed E-state index contributed by atoms with van der Waals surface area (Å²) in [6.07, 6.45) is 0.620. The summed E-state index contributed by atoms with van der Waals surface area (Å²) in [6.45, 7) is 9.76. The van der Waals surface area contributed by atoms with Crippen molar-refractivity contribution in [3.05, 3.63) is 59.9 Å². The van der Waals surface area contributed by atoms with Crippen LogP contribution < -0.4 is 9.64 Å². The third kappa shape index (κ3) is 6.94. The number of nitrogens with zero attached hydrogens (tertiary/aromatic N) is 3. The lowest BCUT2D eigenvalue weighted by Gasteiger charge is -2.32. The van der Waals surface area contributed by atoms with Crippen LogP contribution in [-0.4, -0.2) is 73.0 Å². The maximum atomic E-state index is 14.6. The summed E-state index contributed by atoms with van der Waals surface area (Å²) in [7, 11) is 0. The highest BCUT2D eigenvalue weighted by atomic mass is 19.1. The Morgan fingerprint density at radius 1 is 0.897 bits per heavy atom. The minimum atomic E-state index is -0.513. The van der Waals surface area contributed by atoms with Gasteiger partial charge in [0.25, 0.3) is 0 Å². The van der Waals surface area contributed by atoms with E-state index in [1.807, 2.05) is 57.2 Å². The minimum Gasteiger partial charge on any atom is -0.490 e. The molecule has 210 valence electrons. The quantitative estimate of drug-likeness (QED) is 0.513. The smallest absolute Gasteiger partial charge is 0.410 e. The number of anilines is 1. The molecule has 3 heterocycles. The number of piperidine rings is 1. The molecule has 3 aliphatic heterocycles. The molecule has 0 spiro atoms. The number of hydrogen-bond donors (Lipinski definition) is 0. The molecule has 39 heavy (non-hydrogen) atoms. The normalized spacial score (nSPS) is 21.6. The molecule has 3 fully saturated rings. The van der Waals surface area contributed by atoms with Crippen molar-refractivity contribution in [3.8, 4) is 5.75 Å². The third-order valence-electron chi connectivity index (χ3n) is 7.57. The highest BCUT2D eigenvalue weighted by Gasteiger charge is 2.43. The van der Waals surface area contributed by atoms with Crippen LogP contribution in [0.25, 0.3) is 0 Å². The average molecular weight is 540 g/mol. The number of carbonyl (C=O) groups excluding carboxylic acids is 2. The zero-order chi connectivity index (χ0) is 27.6. The number of benzene rings is 2. The highest BCUT2D eigenvalue weighted by Crippen LogP contribution is 2.36. The largest absolute Gasteiger partial charge is 0.490 e. The van der Waals surface area contributed by atoms with Gasteiger partial charge in [-0.05, 0) is 32.4 Å². The molecule has 2 aromatic rings. The van der Waals surface area contributed by atoms with Gasteiger partial charge in [-0.1, -0.05) is 30.3 Å². The van der Waals surface area contributed by atoms with Gasteiger partial charge in [-0.3, -0.25) is 0 Å². The van der Waals surface area contributed by atoms with Crippen LogP contribution in [0.5, 0.6) is 5.75 Å². The van der Waals surface area contributed by atoms with E-state index >= 15 is 0 Å². The Balaban J connectivity index is 1.10. The van der Waals surface area contributed by atoms with E-state index in [0.29, 0.717) is 56.6 Å². The number of carbonyl (C=O) groups is 2. The SMILES string of the molecule is CC(C)(C)OC(=O)N1C[C@@H]2CN(c3cc(F)cc(OC4CCN(C(=O)OCc5ccccc5)CC4)c3)C[C@@H]2C1. The van der Waals surface area contributed by atoms with Crippen molar-refractivity contribution in [1.29, 1.82) is 0 Å². The Hall–Kier alpha value is -3.49. The van der Waals surface area contributed by atoms with E-state index in [9.17, 15) is 14.0 Å². The molecule has 5 rings (SSSR count). The molecule has 2 atom stereocenters. The van der Waals surface area contributed by atoms with Crippen LogP contribution in [0.1, 0.15) is 39.2 Å². The van der Waals surface area contributed by atoms with Gasteiger partial charge in [0.15, 0.2) is 0 Å². The monoisotopic (exact) mass is 539 g/mol. The second-order valence-corrected chi connectivity index (χ2v) is 11.8. The summed E-state index contributed by atoms with van der Waals surface area (Å²) in [5.74, 6) is 0.826. The molecule has 0 unspecified atom stereocenters. The molecule has 2 amide bonds. The van der Waals surface area contributed by atoms with Crippen molar-refractivity contribution in [3.63, 3.8) is 0 Å². The Morgan fingerprint density at radius 3 is 2.21 bits per heavy atom. The van der Waals surface area contributed by atoms with Crippen molar-refractivity contribution < 1.29 is 28.2 Å². The van der Waals surface area contributed by atoms with Crippen LogP contribution >= 0.6 is 0 Å². The molecule has 0 bridgehead atoms. The zero-order valence-electron chi connectivity index (χ0n) is 23.0. The fourth-order valence-corrected chi connectivity index (χ4v) is 5.64. The summed E-state index contributed by atoms with van der Waals surface area (Å²) in [5, 5.41) is 0. The summed E-state index contributed by atoms with van der Waals surface area (Å²) in [5.41, 5.74) is 1.24. The molecular weight excluding hydrogens is 501 g/mol. The molecule has 0 saturated carbocycles. The first kappa shape index (κ1) is 27.1. The van der Waals surface area contributed by atoms with Crippen LogP contribution in [0.4, 0.5) is 19.7 Å². The Labute approximate surface area is 229 Å². The Bertz CT molecular complexity index is 1150. The van der Waals surface area contributed by atoms with Crippen molar-refractivity contribution in [2.75, 3.05) is 44.2 Å². The van der Waals surface area contributed by atoms with E-state index in [1.54, 1.807) is 15.9 Å². The van der Waals surface area contributed by atoms with Gasteiger partial charge in [0, 0.05) is 81.8 Å². The molecule has 0 N–H and O–H groups in total. The maximum absolute atomic E-state index is 14.6. The minimum absolute atomic E-state index is 0.0989. The summed E-state index contributed by atoms with van der Waals surface area (Å²) in [6, 6.07) is 14.5. The number of rotatable bonds is 5. The predicted octanol–water partition coefficient (Wildman–Crippen LogP) is 5.31. The first-order valence-corrected chi connectivity index (χ1v) is 13.8. The van der Waals surface area contributed by atoms with E-state index < -0.39 is 5.60 Å². The van der Waals surface area contributed by atoms with Gasteiger partial charge in [0.05, 0.1) is 0 Å². The molecule has 8 nitrogen and oxygen atoms in total. The Kier molecular flexibility index (Phi) is 7.86. The van der Waals surface area contributed by atoms with E-state index in [1.165, 1.54) is 6.07 Å². The van der Waals surface area contributed by atoms with Crippen molar-refractivity contribution >= 4 is 17.9 Å². The van der Waals surface area contributed by atoms with Crippen molar-refractivity contribution in [2.24, 2.45) is 11.8 Å². The lowest BCUT2D eigenvalue weighted by atomic mass is 10.0. The van der Waals surface area contributed by atoms with Crippen LogP contribution in [0.15, 0.2) is 48.5 Å². The fraction of sp³-hybridized carbons (Fsp3) is 0.533. The van der Waals surface area contributed by atoms with Gasteiger partial charge in [0.2, 0.25) is 0 Å². The Morgan fingerprint density at radius 2 is 1.56 bits per heavy atom. The predicted molar refractivity (Wildman–Crippen MR) is 145 cm³/mol. The van der Waals surface area contributed by atoms with Crippen LogP contribution in [-0.2, 0) is 16.1 Å². The summed E-state index contributed by atoms with van der Waals surface area (Å²) < 4.78 is 31.7. The van der Waals surface area contributed by atoms with E-state index in [-0.39, 0.29) is 30.7 Å². The lowest BCUT2D eigenvalue weighted by molar-refractivity contribution is 0.0282. The topological polar surface area (TPSA) is 71.6 Å². The summed E-state index contributed by atoms with van der Waals surface area (Å²) >= 11 is 0. The van der Waals surface area contributed by atoms with E-state index in [4.69, 9.17) is 14.2 Å². The van der Waals surface area contributed by atoms with Gasteiger partial charge in [-0.25, -0.2) is 14.0 Å². The molecule has 0 aromatic heterocycles. The average Bonchev–Trinajstić information content (AvgIpc) is 3.47. The van der Waals surface area contributed by atoms with Crippen LogP contribution in [0.2, 0.25) is 0 Å². The highest BCUT2D eigenvalue weighted by molar-refractivity contribution is 5.69. The third-order valence-corrected chi connectivity index (χ3v) is 7.57. The standard InChI is InChI=1S/C30H38FN3O5/c1-30(2,3)39-29(36)34-18-22-16-33(17-23(22)19-34)25-13-24(31)14-27(15-25)38-26-9-11-32(12-10-26)28(35)37-20-21-7-5-4-6-8-21/h4-8,13-15,22-23,26H,9-12,16-20H2,1-3H3/t22-,23+. The number of halogens is 1. The number of hydrogen-bond acceptors (Lipinski definition) is 6. The molecule has 0 radical (unpaired) electrons. The van der Waals surface area contributed by atoms with Crippen molar-refractivity contribution in [2.45, 2.75) is 51.9 Å². The lowest BCUT2D eigenvalue weighted by Crippen LogP contribution is -2.42. The molecule has 2 aromatic carbocycles. The number of ether oxygens (including phenoxy) is 3. The maximum Gasteiger partial charge on any atom is 0.410 e. The number of likely N-dealkylation sites (tertiary alicyclic amines) is 2. The van der Waals surface area contributed by atoms with E-state index in [0.717, 1.165) is 24.3 Å². The second kappa shape index (κ2) is 11.3. The van der Waals surface area contributed by atoms with E-state index in [2.05, 4.69) is 4.90 Å². The van der Waals surface area contributed by atoms with Crippen LogP contribution in [0.3, 0.4) is 0 Å². The molecule has 3 saturated heterocycles.